The van der Waals surface area contributed by atoms with Gasteiger partial charge in [0.1, 0.15) is 0 Å². The highest BCUT2D eigenvalue weighted by atomic mass is 16.6. The maximum Gasteiger partial charge on any atom is 0.0984 e. The zero-order valence-corrected chi connectivity index (χ0v) is 5.60. The van der Waals surface area contributed by atoms with Crippen LogP contribution in [-0.4, -0.2) is 12.2 Å². The molecule has 1 heteroatoms. The van der Waals surface area contributed by atoms with E-state index >= 15 is 0 Å². The van der Waals surface area contributed by atoms with E-state index in [1.807, 2.05) is 12.2 Å². The van der Waals surface area contributed by atoms with E-state index in [1.54, 1.807) is 0 Å². The van der Waals surface area contributed by atoms with Gasteiger partial charge in [-0.05, 0) is 12.8 Å². The van der Waals surface area contributed by atoms with Crippen molar-refractivity contribution in [3.63, 3.8) is 0 Å². The molecule has 0 aromatic rings. The molecule has 0 aliphatic carbocycles. The monoisotopic (exact) mass is 124 g/mol. The fourth-order valence-electron chi connectivity index (χ4n) is 0.947. The van der Waals surface area contributed by atoms with Gasteiger partial charge in [0.15, 0.2) is 0 Å². The molecule has 0 unspecified atom stereocenters. The summed E-state index contributed by atoms with van der Waals surface area (Å²) in [5.74, 6) is 0. The number of hydrogen-bond donors (Lipinski definition) is 0. The maximum absolute atomic E-state index is 5.23. The van der Waals surface area contributed by atoms with Crippen molar-refractivity contribution in [1.29, 1.82) is 0 Å². The van der Waals surface area contributed by atoms with Crippen LogP contribution in [0.2, 0.25) is 0 Å². The molecule has 1 heterocycles. The predicted octanol–water partition coefficient (Wildman–Crippen LogP) is 1.91. The SMILES string of the molecule is C=CCC1(CC=C)CO1. The molecule has 0 aromatic carbocycles. The highest BCUT2D eigenvalue weighted by Crippen LogP contribution is 2.34. The quantitative estimate of drug-likeness (QED) is 0.412. The normalized spacial score (nSPS) is 20.9. The second-order valence-corrected chi connectivity index (χ2v) is 2.46. The van der Waals surface area contributed by atoms with Crippen LogP contribution in [0.4, 0.5) is 0 Å². The minimum atomic E-state index is 0.115. The summed E-state index contributed by atoms with van der Waals surface area (Å²) in [5, 5.41) is 0. The average Bonchev–Trinajstić information content (AvgIpc) is 2.51. The zero-order valence-electron chi connectivity index (χ0n) is 5.60. The topological polar surface area (TPSA) is 12.5 Å². The van der Waals surface area contributed by atoms with Gasteiger partial charge in [-0.1, -0.05) is 12.2 Å². The molecule has 1 aliphatic heterocycles. The van der Waals surface area contributed by atoms with Gasteiger partial charge < -0.3 is 4.74 Å². The number of rotatable bonds is 4. The number of epoxide rings is 1. The lowest BCUT2D eigenvalue weighted by Crippen LogP contribution is -2.06. The minimum Gasteiger partial charge on any atom is -0.369 e. The van der Waals surface area contributed by atoms with Crippen LogP contribution in [0.25, 0.3) is 0 Å². The molecule has 9 heavy (non-hydrogen) atoms. The highest BCUT2D eigenvalue weighted by molar-refractivity contribution is 5.01. The molecular formula is C8H12O. The van der Waals surface area contributed by atoms with Crippen LogP contribution in [0.1, 0.15) is 12.8 Å². The molecule has 50 valence electrons. The molecule has 1 nitrogen and oxygen atoms in total. The van der Waals surface area contributed by atoms with Crippen LogP contribution < -0.4 is 0 Å². The minimum absolute atomic E-state index is 0.115. The first-order chi connectivity index (χ1) is 4.33. The Labute approximate surface area is 56.0 Å². The third-order valence-electron chi connectivity index (χ3n) is 1.59. The van der Waals surface area contributed by atoms with Crippen molar-refractivity contribution in [1.82, 2.24) is 0 Å². The third-order valence-corrected chi connectivity index (χ3v) is 1.59. The lowest BCUT2D eigenvalue weighted by atomic mass is 10.0. The van der Waals surface area contributed by atoms with Crippen LogP contribution in [-0.2, 0) is 4.74 Å². The van der Waals surface area contributed by atoms with Crippen LogP contribution in [0.3, 0.4) is 0 Å². The van der Waals surface area contributed by atoms with Crippen LogP contribution in [0, 0.1) is 0 Å². The molecule has 0 radical (unpaired) electrons. The van der Waals surface area contributed by atoms with E-state index in [0.717, 1.165) is 19.4 Å². The molecule has 0 spiro atoms. The van der Waals surface area contributed by atoms with Crippen molar-refractivity contribution in [2.75, 3.05) is 6.61 Å². The Hall–Kier alpha value is -0.560. The van der Waals surface area contributed by atoms with Gasteiger partial charge in [0.05, 0.1) is 12.2 Å². The molecule has 0 atom stereocenters. The zero-order chi connectivity index (χ0) is 6.74. The Morgan fingerprint density at radius 3 is 2.00 bits per heavy atom. The smallest absolute Gasteiger partial charge is 0.0984 e. The summed E-state index contributed by atoms with van der Waals surface area (Å²) in [6.45, 7) is 8.19. The second-order valence-electron chi connectivity index (χ2n) is 2.46. The first-order valence-electron chi connectivity index (χ1n) is 3.19. The summed E-state index contributed by atoms with van der Waals surface area (Å²) in [4.78, 5) is 0. The standard InChI is InChI=1S/C8H12O/c1-3-5-8(6-4-2)7-9-8/h3-4H,1-2,5-7H2. The maximum atomic E-state index is 5.23. The average molecular weight is 124 g/mol. The van der Waals surface area contributed by atoms with Gasteiger partial charge in [-0.15, -0.1) is 13.2 Å². The summed E-state index contributed by atoms with van der Waals surface area (Å²) < 4.78 is 5.23. The summed E-state index contributed by atoms with van der Waals surface area (Å²) in [5.41, 5.74) is 0.115. The van der Waals surface area contributed by atoms with Crippen molar-refractivity contribution in [2.24, 2.45) is 0 Å². The Bertz CT molecular complexity index is 111. The van der Waals surface area contributed by atoms with E-state index < -0.39 is 0 Å². The van der Waals surface area contributed by atoms with E-state index in [0.29, 0.717) is 0 Å². The predicted molar refractivity (Wildman–Crippen MR) is 38.3 cm³/mol. The fraction of sp³-hybridized carbons (Fsp3) is 0.500. The van der Waals surface area contributed by atoms with Crippen molar-refractivity contribution in [2.45, 2.75) is 18.4 Å². The highest BCUT2D eigenvalue weighted by Gasteiger charge is 2.41. The first-order valence-corrected chi connectivity index (χ1v) is 3.19. The largest absolute Gasteiger partial charge is 0.369 e. The first kappa shape index (κ1) is 6.56. The summed E-state index contributed by atoms with van der Waals surface area (Å²) >= 11 is 0. The lowest BCUT2D eigenvalue weighted by molar-refractivity contribution is 0.307. The molecular weight excluding hydrogens is 112 g/mol. The van der Waals surface area contributed by atoms with Crippen molar-refractivity contribution >= 4 is 0 Å². The molecule has 1 saturated heterocycles. The van der Waals surface area contributed by atoms with E-state index in [4.69, 9.17) is 4.74 Å². The van der Waals surface area contributed by atoms with Gasteiger partial charge in [0.25, 0.3) is 0 Å². The Balaban J connectivity index is 2.32. The molecule has 0 aromatic heterocycles. The molecule has 0 bridgehead atoms. The number of hydrogen-bond acceptors (Lipinski definition) is 1. The Kier molecular flexibility index (Phi) is 1.72. The van der Waals surface area contributed by atoms with E-state index in [1.165, 1.54) is 0 Å². The van der Waals surface area contributed by atoms with Crippen molar-refractivity contribution in [3.8, 4) is 0 Å². The fourth-order valence-corrected chi connectivity index (χ4v) is 0.947. The van der Waals surface area contributed by atoms with Gasteiger partial charge in [-0.3, -0.25) is 0 Å². The molecule has 1 fully saturated rings. The summed E-state index contributed by atoms with van der Waals surface area (Å²) in [6.07, 6.45) is 5.71. The van der Waals surface area contributed by atoms with Gasteiger partial charge in [-0.2, -0.15) is 0 Å². The van der Waals surface area contributed by atoms with Crippen molar-refractivity contribution in [3.05, 3.63) is 25.3 Å². The van der Waals surface area contributed by atoms with E-state index in [2.05, 4.69) is 13.2 Å². The van der Waals surface area contributed by atoms with Crippen LogP contribution in [0.15, 0.2) is 25.3 Å². The summed E-state index contributed by atoms with van der Waals surface area (Å²) in [7, 11) is 0. The Morgan fingerprint density at radius 1 is 1.33 bits per heavy atom. The van der Waals surface area contributed by atoms with E-state index in [9.17, 15) is 0 Å². The Morgan fingerprint density at radius 2 is 1.78 bits per heavy atom. The number of ether oxygens (including phenoxy) is 1. The van der Waals surface area contributed by atoms with Gasteiger partial charge in [0.2, 0.25) is 0 Å². The molecule has 0 N–H and O–H groups in total. The van der Waals surface area contributed by atoms with Gasteiger partial charge >= 0.3 is 0 Å². The van der Waals surface area contributed by atoms with E-state index in [-0.39, 0.29) is 5.60 Å². The van der Waals surface area contributed by atoms with Crippen LogP contribution >= 0.6 is 0 Å². The molecule has 0 saturated carbocycles. The van der Waals surface area contributed by atoms with Crippen molar-refractivity contribution < 1.29 is 4.74 Å². The van der Waals surface area contributed by atoms with Gasteiger partial charge in [-0.25, -0.2) is 0 Å². The molecule has 0 amide bonds. The molecule has 1 rings (SSSR count). The molecule has 1 aliphatic rings. The second kappa shape index (κ2) is 2.36. The van der Waals surface area contributed by atoms with Crippen LogP contribution in [0.5, 0.6) is 0 Å². The lowest BCUT2D eigenvalue weighted by Gasteiger charge is -2.02. The third kappa shape index (κ3) is 1.42. The van der Waals surface area contributed by atoms with Gasteiger partial charge in [0, 0.05) is 0 Å². The summed E-state index contributed by atoms with van der Waals surface area (Å²) in [6, 6.07) is 0.